The lowest BCUT2D eigenvalue weighted by Crippen LogP contribution is -2.20. The highest BCUT2D eigenvalue weighted by Gasteiger charge is 2.10. The van der Waals surface area contributed by atoms with Gasteiger partial charge in [0, 0.05) is 18.2 Å². The molecule has 1 rings (SSSR count). The standard InChI is InChI=1S/C11H23NS2/c1-2-8-13-9-5-3-4-6-12-7-10-14-11-12/h2-11H2,1H3. The van der Waals surface area contributed by atoms with Gasteiger partial charge in [0.05, 0.1) is 0 Å². The Labute approximate surface area is 97.4 Å². The van der Waals surface area contributed by atoms with Crippen molar-refractivity contribution in [2.24, 2.45) is 0 Å². The molecule has 0 unspecified atom stereocenters. The lowest BCUT2D eigenvalue weighted by Gasteiger charge is -2.12. The van der Waals surface area contributed by atoms with Gasteiger partial charge in [0.25, 0.3) is 0 Å². The Morgan fingerprint density at radius 2 is 2.14 bits per heavy atom. The minimum atomic E-state index is 1.28. The minimum absolute atomic E-state index is 1.28. The molecule has 84 valence electrons. The van der Waals surface area contributed by atoms with Crippen LogP contribution in [0.5, 0.6) is 0 Å². The van der Waals surface area contributed by atoms with Crippen LogP contribution in [0.3, 0.4) is 0 Å². The SMILES string of the molecule is CCCSCCCCCN1CCSC1. The summed E-state index contributed by atoms with van der Waals surface area (Å²) in [5.41, 5.74) is 0. The van der Waals surface area contributed by atoms with Crippen molar-refractivity contribution in [1.82, 2.24) is 4.90 Å². The van der Waals surface area contributed by atoms with Crippen LogP contribution in [0.4, 0.5) is 0 Å². The molecule has 0 saturated carbocycles. The first-order chi connectivity index (χ1) is 6.93. The fourth-order valence-electron chi connectivity index (χ4n) is 1.59. The molecule has 0 aromatic rings. The van der Waals surface area contributed by atoms with Crippen molar-refractivity contribution in [2.75, 3.05) is 36.2 Å². The molecule has 1 aliphatic heterocycles. The van der Waals surface area contributed by atoms with Crippen LogP contribution in [0, 0.1) is 0 Å². The van der Waals surface area contributed by atoms with Crippen LogP contribution in [-0.2, 0) is 0 Å². The molecule has 0 aliphatic carbocycles. The van der Waals surface area contributed by atoms with Crippen LogP contribution in [-0.4, -0.2) is 41.1 Å². The molecule has 0 radical (unpaired) electrons. The molecular formula is C11H23NS2. The van der Waals surface area contributed by atoms with Gasteiger partial charge in [-0.15, -0.1) is 11.8 Å². The second-order valence-corrected chi connectivity index (χ2v) is 6.13. The molecule has 3 heteroatoms. The van der Waals surface area contributed by atoms with E-state index in [9.17, 15) is 0 Å². The van der Waals surface area contributed by atoms with Crippen LogP contribution in [0.15, 0.2) is 0 Å². The molecule has 0 atom stereocenters. The van der Waals surface area contributed by atoms with Crippen LogP contribution >= 0.6 is 23.5 Å². The highest BCUT2D eigenvalue weighted by Crippen LogP contribution is 2.14. The second kappa shape index (κ2) is 8.93. The summed E-state index contributed by atoms with van der Waals surface area (Å²) in [6.45, 7) is 4.93. The number of thioether (sulfide) groups is 2. The maximum absolute atomic E-state index is 2.59. The van der Waals surface area contributed by atoms with E-state index in [0.29, 0.717) is 0 Å². The van der Waals surface area contributed by atoms with E-state index >= 15 is 0 Å². The summed E-state index contributed by atoms with van der Waals surface area (Å²) in [6, 6.07) is 0. The van der Waals surface area contributed by atoms with Gasteiger partial charge in [-0.05, 0) is 37.3 Å². The maximum atomic E-state index is 2.59. The van der Waals surface area contributed by atoms with Gasteiger partial charge in [-0.3, -0.25) is 4.90 Å². The van der Waals surface area contributed by atoms with E-state index < -0.39 is 0 Å². The summed E-state index contributed by atoms with van der Waals surface area (Å²) >= 11 is 4.20. The Balaban J connectivity index is 1.75. The zero-order valence-electron chi connectivity index (χ0n) is 9.33. The van der Waals surface area contributed by atoms with Gasteiger partial charge >= 0.3 is 0 Å². The van der Waals surface area contributed by atoms with Crippen molar-refractivity contribution in [3.63, 3.8) is 0 Å². The molecule has 0 bridgehead atoms. The Bertz CT molecular complexity index is 124. The lowest BCUT2D eigenvalue weighted by atomic mass is 10.2. The summed E-state index contributed by atoms with van der Waals surface area (Å²) in [7, 11) is 0. The first-order valence-electron chi connectivity index (χ1n) is 5.81. The van der Waals surface area contributed by atoms with Gasteiger partial charge in [0.15, 0.2) is 0 Å². The Kier molecular flexibility index (Phi) is 8.12. The third kappa shape index (κ3) is 6.20. The van der Waals surface area contributed by atoms with Crippen LogP contribution in [0.1, 0.15) is 32.6 Å². The first-order valence-corrected chi connectivity index (χ1v) is 8.12. The molecular weight excluding hydrogens is 210 g/mol. The molecule has 1 nitrogen and oxygen atoms in total. The summed E-state index contributed by atoms with van der Waals surface area (Å²) < 4.78 is 0. The van der Waals surface area contributed by atoms with Crippen molar-refractivity contribution >= 4 is 23.5 Å². The van der Waals surface area contributed by atoms with E-state index in [1.165, 1.54) is 61.9 Å². The predicted molar refractivity (Wildman–Crippen MR) is 70.4 cm³/mol. The second-order valence-electron chi connectivity index (χ2n) is 3.83. The number of unbranched alkanes of at least 4 members (excludes halogenated alkanes) is 2. The quantitative estimate of drug-likeness (QED) is 0.592. The summed E-state index contributed by atoms with van der Waals surface area (Å²) in [5.74, 6) is 5.36. The highest BCUT2D eigenvalue weighted by atomic mass is 32.2. The van der Waals surface area contributed by atoms with E-state index in [1.54, 1.807) is 0 Å². The van der Waals surface area contributed by atoms with E-state index in [2.05, 4.69) is 35.3 Å². The maximum Gasteiger partial charge on any atom is 0.0445 e. The molecule has 1 aliphatic rings. The Morgan fingerprint density at radius 1 is 1.21 bits per heavy atom. The monoisotopic (exact) mass is 233 g/mol. The molecule has 1 fully saturated rings. The Hall–Kier alpha value is 0.660. The van der Waals surface area contributed by atoms with E-state index in [4.69, 9.17) is 0 Å². The molecule has 0 aromatic carbocycles. The number of hydrogen-bond donors (Lipinski definition) is 0. The van der Waals surface area contributed by atoms with Crippen molar-refractivity contribution in [2.45, 2.75) is 32.6 Å². The first kappa shape index (κ1) is 12.7. The van der Waals surface area contributed by atoms with Crippen LogP contribution < -0.4 is 0 Å². The summed E-state index contributed by atoms with van der Waals surface area (Å²) in [4.78, 5) is 2.59. The predicted octanol–water partition coefficient (Wildman–Crippen LogP) is 3.31. The number of rotatable bonds is 8. The smallest absolute Gasteiger partial charge is 0.0445 e. The number of nitrogens with zero attached hydrogens (tertiary/aromatic N) is 1. The minimum Gasteiger partial charge on any atom is -0.293 e. The topological polar surface area (TPSA) is 3.24 Å². The fourth-order valence-corrected chi connectivity index (χ4v) is 3.52. The van der Waals surface area contributed by atoms with E-state index in [1.807, 2.05) is 0 Å². The summed E-state index contributed by atoms with van der Waals surface area (Å²) in [6.07, 6.45) is 5.59. The highest BCUT2D eigenvalue weighted by molar-refractivity contribution is 7.99. The van der Waals surface area contributed by atoms with Gasteiger partial charge in [0.2, 0.25) is 0 Å². The molecule has 1 heterocycles. The molecule has 0 amide bonds. The normalized spacial score (nSPS) is 17.8. The van der Waals surface area contributed by atoms with Gasteiger partial charge < -0.3 is 0 Å². The third-order valence-corrected chi connectivity index (χ3v) is 4.73. The fraction of sp³-hybridized carbons (Fsp3) is 1.00. The third-order valence-electron chi connectivity index (χ3n) is 2.44. The van der Waals surface area contributed by atoms with Crippen molar-refractivity contribution in [1.29, 1.82) is 0 Å². The zero-order chi connectivity index (χ0) is 10.1. The average Bonchev–Trinajstić information content (AvgIpc) is 2.69. The molecule has 1 saturated heterocycles. The molecule has 14 heavy (non-hydrogen) atoms. The summed E-state index contributed by atoms with van der Waals surface area (Å²) in [5, 5.41) is 0. The van der Waals surface area contributed by atoms with Gasteiger partial charge in [-0.2, -0.15) is 11.8 Å². The average molecular weight is 233 g/mol. The van der Waals surface area contributed by atoms with E-state index in [0.717, 1.165) is 0 Å². The van der Waals surface area contributed by atoms with Crippen LogP contribution in [0.2, 0.25) is 0 Å². The van der Waals surface area contributed by atoms with E-state index in [-0.39, 0.29) is 0 Å². The number of hydrogen-bond acceptors (Lipinski definition) is 3. The van der Waals surface area contributed by atoms with Crippen molar-refractivity contribution < 1.29 is 0 Å². The van der Waals surface area contributed by atoms with Gasteiger partial charge in [-0.25, -0.2) is 0 Å². The van der Waals surface area contributed by atoms with Crippen molar-refractivity contribution in [3.8, 4) is 0 Å². The largest absolute Gasteiger partial charge is 0.293 e. The van der Waals surface area contributed by atoms with Crippen molar-refractivity contribution in [3.05, 3.63) is 0 Å². The molecule has 0 aromatic heterocycles. The molecule has 0 N–H and O–H groups in total. The zero-order valence-corrected chi connectivity index (χ0v) is 11.0. The Morgan fingerprint density at radius 3 is 2.86 bits per heavy atom. The van der Waals surface area contributed by atoms with Gasteiger partial charge in [-0.1, -0.05) is 13.3 Å². The van der Waals surface area contributed by atoms with Crippen LogP contribution in [0.25, 0.3) is 0 Å². The lowest BCUT2D eigenvalue weighted by molar-refractivity contribution is 0.346. The van der Waals surface area contributed by atoms with Gasteiger partial charge in [0.1, 0.15) is 0 Å². The molecule has 0 spiro atoms.